The van der Waals surface area contributed by atoms with E-state index in [1.54, 1.807) is 6.07 Å². The van der Waals surface area contributed by atoms with Crippen LogP contribution in [0.4, 0.5) is 0 Å². The van der Waals surface area contributed by atoms with Crippen molar-refractivity contribution < 1.29 is 9.59 Å². The number of hydrogen-bond donors (Lipinski definition) is 3. The summed E-state index contributed by atoms with van der Waals surface area (Å²) < 4.78 is 2.23. The molecular weight excluding hydrogens is 448 g/mol. The minimum atomic E-state index is -0.711. The Morgan fingerprint density at radius 1 is 1.29 bits per heavy atom. The number of carbonyl (C=O) groups excluding carboxylic acids is 2. The number of nitrogens with one attached hydrogen (secondary N) is 3. The summed E-state index contributed by atoms with van der Waals surface area (Å²) in [5.41, 5.74) is -0.192. The van der Waals surface area contributed by atoms with Gasteiger partial charge in [0.15, 0.2) is 0 Å². The summed E-state index contributed by atoms with van der Waals surface area (Å²) in [4.78, 5) is 52.8. The number of nitrogens with zero attached hydrogens (tertiary/aromatic N) is 1. The average Bonchev–Trinajstić information content (AvgIpc) is 2.84. The van der Waals surface area contributed by atoms with Gasteiger partial charge in [0.25, 0.3) is 0 Å². The van der Waals surface area contributed by atoms with E-state index in [2.05, 4.69) is 31.5 Å². The zero-order valence-corrected chi connectivity index (χ0v) is 17.3. The molecule has 0 aliphatic carbocycles. The number of aromatic nitrogens is 2. The van der Waals surface area contributed by atoms with E-state index in [1.165, 1.54) is 16.3 Å². The zero-order valence-electron chi connectivity index (χ0n) is 14.9. The minimum absolute atomic E-state index is 0.0325. The molecule has 3 N–H and O–H groups in total. The van der Waals surface area contributed by atoms with Crippen LogP contribution >= 0.6 is 27.7 Å². The van der Waals surface area contributed by atoms with Crippen LogP contribution in [0.5, 0.6) is 0 Å². The first-order chi connectivity index (χ1) is 13.4. The molecule has 10 heteroatoms. The van der Waals surface area contributed by atoms with Crippen molar-refractivity contribution in [2.45, 2.75) is 42.7 Å². The normalized spacial score (nSPS) is 21.8. The lowest BCUT2D eigenvalue weighted by Crippen LogP contribution is -2.47. The molecule has 1 aromatic heterocycles. The highest BCUT2D eigenvalue weighted by molar-refractivity contribution is 9.10. The van der Waals surface area contributed by atoms with Gasteiger partial charge in [-0.2, -0.15) is 0 Å². The fourth-order valence-corrected chi connectivity index (χ4v) is 5.52. The number of H-pyrrole nitrogens is 1. The molecule has 8 nitrogen and oxygen atoms in total. The predicted molar refractivity (Wildman–Crippen MR) is 110 cm³/mol. The monoisotopic (exact) mass is 466 g/mol. The van der Waals surface area contributed by atoms with Crippen molar-refractivity contribution >= 4 is 50.5 Å². The first-order valence-electron chi connectivity index (χ1n) is 9.12. The molecule has 0 spiro atoms. The Kier molecular flexibility index (Phi) is 5.33. The highest BCUT2D eigenvalue weighted by Crippen LogP contribution is 2.37. The smallest absolute Gasteiger partial charge is 0.317 e. The summed E-state index contributed by atoms with van der Waals surface area (Å²) in [7, 11) is 0. The second-order valence-corrected chi connectivity index (χ2v) is 8.98. The first-order valence-corrected chi connectivity index (χ1v) is 10.9. The first kappa shape index (κ1) is 19.3. The second-order valence-electron chi connectivity index (χ2n) is 7.01. The van der Waals surface area contributed by atoms with Crippen LogP contribution in [0.3, 0.4) is 0 Å². The van der Waals surface area contributed by atoms with Crippen molar-refractivity contribution in [3.63, 3.8) is 0 Å². The van der Waals surface area contributed by atoms with Gasteiger partial charge in [0, 0.05) is 28.1 Å². The summed E-state index contributed by atoms with van der Waals surface area (Å²) in [6, 6.07) is 2.64. The van der Waals surface area contributed by atoms with Crippen LogP contribution in [-0.4, -0.2) is 39.7 Å². The number of halogens is 1. The van der Waals surface area contributed by atoms with Gasteiger partial charge in [0.2, 0.25) is 11.8 Å². The van der Waals surface area contributed by atoms with E-state index >= 15 is 0 Å². The standard InChI is InChI=1S/C18H19BrN4O4S/c19-9-5-12-15-13(6-9)28-8-10(23(15)18(27)17(26)22-12)7-14(24)21-11-3-1-2-4-20-16(11)25/h5-6,10-11H,1-4,7-8H2,(H,20,25)(H,21,24)(H,22,26). The van der Waals surface area contributed by atoms with Crippen molar-refractivity contribution in [2.75, 3.05) is 12.3 Å². The van der Waals surface area contributed by atoms with Crippen molar-refractivity contribution in [1.82, 2.24) is 20.2 Å². The number of thioether (sulfide) groups is 1. The largest absolute Gasteiger partial charge is 0.354 e. The van der Waals surface area contributed by atoms with Gasteiger partial charge in [0.05, 0.1) is 17.1 Å². The summed E-state index contributed by atoms with van der Waals surface area (Å²) in [5.74, 6) is 0.0231. The van der Waals surface area contributed by atoms with Gasteiger partial charge in [-0.05, 0) is 31.4 Å². The van der Waals surface area contributed by atoms with Crippen molar-refractivity contribution in [3.8, 4) is 0 Å². The van der Waals surface area contributed by atoms with E-state index in [1.807, 2.05) is 6.07 Å². The molecule has 2 unspecified atom stereocenters. The Bertz CT molecular complexity index is 1080. The summed E-state index contributed by atoms with van der Waals surface area (Å²) >= 11 is 4.95. The van der Waals surface area contributed by atoms with Crippen molar-refractivity contribution in [1.29, 1.82) is 0 Å². The van der Waals surface area contributed by atoms with Crippen LogP contribution in [-0.2, 0) is 9.59 Å². The molecule has 3 heterocycles. The molecule has 2 aliphatic rings. The Balaban J connectivity index is 1.63. The third-order valence-corrected chi connectivity index (χ3v) is 6.66. The number of amides is 2. The van der Waals surface area contributed by atoms with Crippen LogP contribution < -0.4 is 21.8 Å². The highest BCUT2D eigenvalue weighted by Gasteiger charge is 2.29. The summed E-state index contributed by atoms with van der Waals surface area (Å²) in [6.07, 6.45) is 2.39. The van der Waals surface area contributed by atoms with Crippen LogP contribution in [0, 0.1) is 0 Å². The molecule has 0 radical (unpaired) electrons. The second kappa shape index (κ2) is 7.75. The van der Waals surface area contributed by atoms with Gasteiger partial charge < -0.3 is 15.6 Å². The third-order valence-electron chi connectivity index (χ3n) is 5.03. The van der Waals surface area contributed by atoms with Crippen LogP contribution in [0.15, 0.2) is 31.1 Å². The van der Waals surface area contributed by atoms with Crippen molar-refractivity contribution in [3.05, 3.63) is 37.3 Å². The number of aromatic amines is 1. The van der Waals surface area contributed by atoms with E-state index in [0.29, 0.717) is 29.8 Å². The molecule has 28 heavy (non-hydrogen) atoms. The van der Waals surface area contributed by atoms with Gasteiger partial charge >= 0.3 is 11.1 Å². The van der Waals surface area contributed by atoms with Crippen LogP contribution in [0.2, 0.25) is 0 Å². The highest BCUT2D eigenvalue weighted by atomic mass is 79.9. The maximum absolute atomic E-state index is 12.6. The lowest BCUT2D eigenvalue weighted by atomic mass is 10.1. The van der Waals surface area contributed by atoms with Gasteiger partial charge in [-0.25, -0.2) is 0 Å². The van der Waals surface area contributed by atoms with E-state index in [0.717, 1.165) is 22.2 Å². The topological polar surface area (TPSA) is 113 Å². The maximum atomic E-state index is 12.6. The van der Waals surface area contributed by atoms with Crippen LogP contribution in [0.25, 0.3) is 11.0 Å². The molecule has 2 atom stereocenters. The lowest BCUT2D eigenvalue weighted by molar-refractivity contribution is -0.129. The van der Waals surface area contributed by atoms with E-state index in [4.69, 9.17) is 0 Å². The molecule has 148 valence electrons. The minimum Gasteiger partial charge on any atom is -0.354 e. The Labute approximate surface area is 172 Å². The number of carbonyl (C=O) groups is 2. The summed E-state index contributed by atoms with van der Waals surface area (Å²) in [6.45, 7) is 0.622. The fraction of sp³-hybridized carbons (Fsp3) is 0.444. The zero-order chi connectivity index (χ0) is 19.8. The third kappa shape index (κ3) is 3.62. The van der Waals surface area contributed by atoms with Crippen LogP contribution in [0.1, 0.15) is 31.7 Å². The Morgan fingerprint density at radius 2 is 2.11 bits per heavy atom. The molecule has 2 aliphatic heterocycles. The number of rotatable bonds is 3. The molecule has 0 saturated carbocycles. The van der Waals surface area contributed by atoms with Gasteiger partial charge in [-0.15, -0.1) is 11.8 Å². The molecule has 4 rings (SSSR count). The van der Waals surface area contributed by atoms with E-state index < -0.39 is 23.2 Å². The summed E-state index contributed by atoms with van der Waals surface area (Å²) in [5, 5.41) is 5.58. The Hall–Kier alpha value is -2.07. The molecule has 1 saturated heterocycles. The average molecular weight is 467 g/mol. The van der Waals surface area contributed by atoms with E-state index in [-0.39, 0.29) is 18.2 Å². The van der Waals surface area contributed by atoms with E-state index in [9.17, 15) is 19.2 Å². The number of benzene rings is 1. The molecule has 1 aromatic carbocycles. The molecule has 2 aromatic rings. The Morgan fingerprint density at radius 3 is 2.93 bits per heavy atom. The van der Waals surface area contributed by atoms with Gasteiger partial charge in [-0.3, -0.25) is 23.7 Å². The molecular formula is C18H19BrN4O4S. The van der Waals surface area contributed by atoms with Gasteiger partial charge in [-0.1, -0.05) is 15.9 Å². The predicted octanol–water partition coefficient (Wildman–Crippen LogP) is 1.27. The van der Waals surface area contributed by atoms with Gasteiger partial charge in [0.1, 0.15) is 6.04 Å². The quantitative estimate of drug-likeness (QED) is 0.589. The SMILES string of the molecule is O=C(CC1CSc2cc(Br)cc3[nH]c(=O)c(=O)n1c23)NC1CCCCNC1=O. The fourth-order valence-electron chi connectivity index (χ4n) is 3.72. The lowest BCUT2D eigenvalue weighted by Gasteiger charge is -2.27. The maximum Gasteiger partial charge on any atom is 0.317 e. The molecule has 1 fully saturated rings. The van der Waals surface area contributed by atoms with Crippen molar-refractivity contribution in [2.24, 2.45) is 0 Å². The number of hydrogen-bond acceptors (Lipinski definition) is 5. The molecule has 2 amide bonds. The molecule has 0 bridgehead atoms.